The van der Waals surface area contributed by atoms with Crippen LogP contribution >= 0.6 is 11.6 Å². The van der Waals surface area contributed by atoms with Crippen LogP contribution in [0.2, 0.25) is 5.02 Å². The first kappa shape index (κ1) is 17.0. The third-order valence-electron chi connectivity index (χ3n) is 3.82. The summed E-state index contributed by atoms with van der Waals surface area (Å²) in [6.45, 7) is 2.52. The van der Waals surface area contributed by atoms with Gasteiger partial charge in [-0.2, -0.15) is 0 Å². The first-order valence-electron chi connectivity index (χ1n) is 7.93. The van der Waals surface area contributed by atoms with Gasteiger partial charge in [0.2, 0.25) is 0 Å². The molecule has 1 heterocycles. The average Bonchev–Trinajstić information content (AvgIpc) is 2.61. The van der Waals surface area contributed by atoms with Crippen molar-refractivity contribution in [3.63, 3.8) is 0 Å². The highest BCUT2D eigenvalue weighted by atomic mass is 35.5. The van der Waals surface area contributed by atoms with Crippen molar-refractivity contribution in [1.29, 1.82) is 0 Å². The Kier molecular flexibility index (Phi) is 5.31. The molecule has 0 atom stereocenters. The number of nitrogens with one attached hydrogen (secondary N) is 2. The fraction of sp³-hybridized carbons (Fsp3) is 0.100. The third-order valence-corrected chi connectivity index (χ3v) is 4.06. The number of hydrogen-bond donors (Lipinski definition) is 2. The van der Waals surface area contributed by atoms with Crippen LogP contribution in [0, 0.1) is 6.92 Å². The van der Waals surface area contributed by atoms with E-state index in [2.05, 4.69) is 15.6 Å². The zero-order valence-electron chi connectivity index (χ0n) is 13.8. The number of carbonyl (C=O) groups is 1. The van der Waals surface area contributed by atoms with E-state index in [0.717, 1.165) is 16.8 Å². The van der Waals surface area contributed by atoms with Gasteiger partial charge in [-0.15, -0.1) is 0 Å². The van der Waals surface area contributed by atoms with E-state index in [9.17, 15) is 4.79 Å². The molecule has 0 aliphatic rings. The molecule has 0 bridgehead atoms. The van der Waals surface area contributed by atoms with Gasteiger partial charge < -0.3 is 10.6 Å². The molecule has 0 radical (unpaired) electrons. The first-order chi connectivity index (χ1) is 12.1. The van der Waals surface area contributed by atoms with E-state index in [1.807, 2.05) is 55.5 Å². The second-order valence-electron chi connectivity index (χ2n) is 5.68. The molecule has 1 amide bonds. The van der Waals surface area contributed by atoms with E-state index in [1.54, 1.807) is 18.3 Å². The number of hydrogen-bond acceptors (Lipinski definition) is 3. The molecule has 2 aromatic carbocycles. The van der Waals surface area contributed by atoms with E-state index in [1.165, 1.54) is 0 Å². The van der Waals surface area contributed by atoms with E-state index >= 15 is 0 Å². The highest BCUT2D eigenvalue weighted by Gasteiger charge is 2.07. The van der Waals surface area contributed by atoms with Crippen LogP contribution in [-0.2, 0) is 6.54 Å². The van der Waals surface area contributed by atoms with Crippen molar-refractivity contribution in [2.45, 2.75) is 13.5 Å². The van der Waals surface area contributed by atoms with Crippen molar-refractivity contribution in [2.75, 3.05) is 5.32 Å². The summed E-state index contributed by atoms with van der Waals surface area (Å²) in [4.78, 5) is 16.5. The summed E-state index contributed by atoms with van der Waals surface area (Å²) < 4.78 is 0. The Hall–Kier alpha value is -2.85. The lowest BCUT2D eigenvalue weighted by atomic mass is 10.1. The van der Waals surface area contributed by atoms with Crippen LogP contribution in [0.1, 0.15) is 21.5 Å². The van der Waals surface area contributed by atoms with Crippen LogP contribution in [0.3, 0.4) is 0 Å². The van der Waals surface area contributed by atoms with Gasteiger partial charge in [-0.05, 0) is 48.4 Å². The number of aryl methyl sites for hydroxylation is 1. The molecule has 3 aromatic rings. The Morgan fingerprint density at radius 3 is 2.64 bits per heavy atom. The maximum atomic E-state index is 12.3. The van der Waals surface area contributed by atoms with Crippen LogP contribution in [0.15, 0.2) is 66.9 Å². The maximum absolute atomic E-state index is 12.3. The fourth-order valence-corrected chi connectivity index (χ4v) is 2.59. The highest BCUT2D eigenvalue weighted by molar-refractivity contribution is 6.30. The zero-order valence-corrected chi connectivity index (χ0v) is 14.5. The van der Waals surface area contributed by atoms with Crippen LogP contribution in [0.25, 0.3) is 0 Å². The Bertz CT molecular complexity index is 878. The van der Waals surface area contributed by atoms with Gasteiger partial charge in [-0.3, -0.25) is 4.79 Å². The SMILES string of the molecule is Cc1ccccc1CNC(=O)c1ccc(Nc2cccc(Cl)c2)nc1. The topological polar surface area (TPSA) is 54.0 Å². The van der Waals surface area contributed by atoms with Crippen LogP contribution in [0.5, 0.6) is 0 Å². The van der Waals surface area contributed by atoms with Crippen LogP contribution in [-0.4, -0.2) is 10.9 Å². The molecule has 0 spiro atoms. The third kappa shape index (κ3) is 4.58. The van der Waals surface area contributed by atoms with Gasteiger partial charge in [-0.1, -0.05) is 41.9 Å². The highest BCUT2D eigenvalue weighted by Crippen LogP contribution is 2.19. The predicted molar refractivity (Wildman–Crippen MR) is 101 cm³/mol. The summed E-state index contributed by atoms with van der Waals surface area (Å²) in [5.41, 5.74) is 3.62. The van der Waals surface area contributed by atoms with Crippen molar-refractivity contribution >= 4 is 29.0 Å². The van der Waals surface area contributed by atoms with Crippen molar-refractivity contribution in [3.8, 4) is 0 Å². The fourth-order valence-electron chi connectivity index (χ4n) is 2.40. The molecule has 4 nitrogen and oxygen atoms in total. The number of rotatable bonds is 5. The normalized spacial score (nSPS) is 10.3. The van der Waals surface area contributed by atoms with Gasteiger partial charge in [0.25, 0.3) is 5.91 Å². The summed E-state index contributed by atoms with van der Waals surface area (Å²) in [7, 11) is 0. The molecular formula is C20H18ClN3O. The molecule has 126 valence electrons. The standard InChI is InChI=1S/C20H18ClN3O/c1-14-5-2-3-6-15(14)12-23-20(25)16-9-10-19(22-13-16)24-18-8-4-7-17(21)11-18/h2-11,13H,12H2,1H3,(H,22,24)(H,23,25). The molecular weight excluding hydrogens is 334 g/mol. The number of nitrogens with zero attached hydrogens (tertiary/aromatic N) is 1. The Labute approximate surface area is 151 Å². The average molecular weight is 352 g/mol. The molecule has 0 saturated heterocycles. The Balaban J connectivity index is 1.61. The van der Waals surface area contributed by atoms with Gasteiger partial charge in [-0.25, -0.2) is 4.98 Å². The number of aromatic nitrogens is 1. The maximum Gasteiger partial charge on any atom is 0.253 e. The summed E-state index contributed by atoms with van der Waals surface area (Å²) in [5.74, 6) is 0.503. The van der Waals surface area contributed by atoms with Gasteiger partial charge in [0.1, 0.15) is 5.82 Å². The lowest BCUT2D eigenvalue weighted by molar-refractivity contribution is 0.0950. The van der Waals surface area contributed by atoms with E-state index in [4.69, 9.17) is 11.6 Å². The van der Waals surface area contributed by atoms with Gasteiger partial charge >= 0.3 is 0 Å². The minimum atomic E-state index is -0.148. The van der Waals surface area contributed by atoms with Crippen LogP contribution < -0.4 is 10.6 Å². The summed E-state index contributed by atoms with van der Waals surface area (Å²) in [5, 5.41) is 6.72. The smallest absolute Gasteiger partial charge is 0.253 e. The van der Waals surface area contributed by atoms with E-state index in [-0.39, 0.29) is 5.91 Å². The first-order valence-corrected chi connectivity index (χ1v) is 8.31. The molecule has 0 aliphatic carbocycles. The monoisotopic (exact) mass is 351 g/mol. The Morgan fingerprint density at radius 2 is 1.92 bits per heavy atom. The number of anilines is 2. The molecule has 0 unspecified atom stereocenters. The molecule has 0 aliphatic heterocycles. The Morgan fingerprint density at radius 1 is 1.08 bits per heavy atom. The van der Waals surface area contributed by atoms with Crippen molar-refractivity contribution < 1.29 is 4.79 Å². The van der Waals surface area contributed by atoms with Crippen LogP contribution in [0.4, 0.5) is 11.5 Å². The molecule has 3 rings (SSSR count). The van der Waals surface area contributed by atoms with Crippen molar-refractivity contribution in [1.82, 2.24) is 10.3 Å². The predicted octanol–water partition coefficient (Wildman–Crippen LogP) is 4.72. The molecule has 5 heteroatoms. The molecule has 1 aromatic heterocycles. The lowest BCUT2D eigenvalue weighted by Gasteiger charge is -2.09. The molecule has 0 fully saturated rings. The number of benzene rings is 2. The summed E-state index contributed by atoms with van der Waals surface area (Å²) in [6, 6.07) is 18.9. The van der Waals surface area contributed by atoms with Gasteiger partial charge in [0.15, 0.2) is 0 Å². The number of amides is 1. The minimum absolute atomic E-state index is 0.148. The number of carbonyl (C=O) groups excluding carboxylic acids is 1. The number of halogens is 1. The molecule has 0 saturated carbocycles. The zero-order chi connectivity index (χ0) is 17.6. The van der Waals surface area contributed by atoms with Crippen molar-refractivity contribution in [2.24, 2.45) is 0 Å². The van der Waals surface area contributed by atoms with E-state index < -0.39 is 0 Å². The van der Waals surface area contributed by atoms with Gasteiger partial charge in [0, 0.05) is 23.5 Å². The molecule has 25 heavy (non-hydrogen) atoms. The van der Waals surface area contributed by atoms with E-state index in [0.29, 0.717) is 22.9 Å². The lowest BCUT2D eigenvalue weighted by Crippen LogP contribution is -2.23. The number of pyridine rings is 1. The molecule has 2 N–H and O–H groups in total. The minimum Gasteiger partial charge on any atom is -0.348 e. The quantitative estimate of drug-likeness (QED) is 0.699. The van der Waals surface area contributed by atoms with Gasteiger partial charge in [0.05, 0.1) is 5.56 Å². The largest absolute Gasteiger partial charge is 0.348 e. The second kappa shape index (κ2) is 7.81. The van der Waals surface area contributed by atoms with Crippen molar-refractivity contribution in [3.05, 3.63) is 88.6 Å². The second-order valence-corrected chi connectivity index (χ2v) is 6.11. The summed E-state index contributed by atoms with van der Waals surface area (Å²) >= 11 is 5.96. The summed E-state index contributed by atoms with van der Waals surface area (Å²) in [6.07, 6.45) is 1.56.